The molecule has 0 radical (unpaired) electrons. The van der Waals surface area contributed by atoms with Gasteiger partial charge < -0.3 is 10.6 Å². The van der Waals surface area contributed by atoms with Gasteiger partial charge in [-0.1, -0.05) is 0 Å². The van der Waals surface area contributed by atoms with E-state index < -0.39 is 0 Å². The maximum atomic E-state index is 12.2. The van der Waals surface area contributed by atoms with E-state index in [-0.39, 0.29) is 5.91 Å². The predicted octanol–water partition coefficient (Wildman–Crippen LogP) is 2.73. The van der Waals surface area contributed by atoms with Gasteiger partial charge in [0.1, 0.15) is 0 Å². The van der Waals surface area contributed by atoms with E-state index in [2.05, 4.69) is 102 Å². The van der Waals surface area contributed by atoms with Crippen molar-refractivity contribution < 1.29 is 4.79 Å². The molecule has 1 fully saturated rings. The summed E-state index contributed by atoms with van der Waals surface area (Å²) in [6, 6.07) is 4.56. The van der Waals surface area contributed by atoms with Crippen molar-refractivity contribution in [3.8, 4) is 0 Å². The van der Waals surface area contributed by atoms with Gasteiger partial charge in [0, 0.05) is 36.4 Å². The number of anilines is 1. The summed E-state index contributed by atoms with van der Waals surface area (Å²) >= 11 is 6.84. The third-order valence-electron chi connectivity index (χ3n) is 3.26. The molecule has 0 bridgehead atoms. The second-order valence-corrected chi connectivity index (χ2v) is 8.39. The monoisotopic (exact) mass is 611 g/mol. The van der Waals surface area contributed by atoms with E-state index in [1.54, 1.807) is 0 Å². The van der Waals surface area contributed by atoms with Gasteiger partial charge in [0.25, 0.3) is 0 Å². The van der Waals surface area contributed by atoms with E-state index in [4.69, 9.17) is 0 Å². The van der Waals surface area contributed by atoms with Gasteiger partial charge in [-0.15, -0.1) is 0 Å². The highest BCUT2D eigenvalue weighted by Gasteiger charge is 2.21. The molecular formula is C13H16I3N3O. The van der Waals surface area contributed by atoms with Crippen LogP contribution < -0.4 is 10.6 Å². The fourth-order valence-corrected chi connectivity index (χ4v) is 6.00. The molecule has 0 unspecified atom stereocenters. The zero-order valence-corrected chi connectivity index (χ0v) is 17.5. The number of rotatable bonds is 3. The van der Waals surface area contributed by atoms with Crippen molar-refractivity contribution in [3.63, 3.8) is 0 Å². The topological polar surface area (TPSA) is 44.4 Å². The van der Waals surface area contributed by atoms with E-state index in [1.807, 2.05) is 0 Å². The summed E-state index contributed by atoms with van der Waals surface area (Å²) in [6.07, 6.45) is 0. The van der Waals surface area contributed by atoms with Gasteiger partial charge >= 0.3 is 0 Å². The summed E-state index contributed by atoms with van der Waals surface area (Å²) < 4.78 is 3.35. The molecule has 1 atom stereocenters. The van der Waals surface area contributed by atoms with E-state index in [0.717, 1.165) is 32.5 Å². The van der Waals surface area contributed by atoms with Crippen LogP contribution in [-0.2, 0) is 4.79 Å². The highest BCUT2D eigenvalue weighted by molar-refractivity contribution is 14.1. The summed E-state index contributed by atoms with van der Waals surface area (Å²) in [6.45, 7) is 5.44. The number of hydrogen-bond donors (Lipinski definition) is 2. The Kier molecular flexibility index (Phi) is 6.76. The first-order valence-electron chi connectivity index (χ1n) is 6.36. The highest BCUT2D eigenvalue weighted by Crippen LogP contribution is 2.27. The minimum atomic E-state index is 0.0655. The molecule has 1 aliphatic heterocycles. The number of nitrogens with one attached hydrogen (secondary N) is 2. The van der Waals surface area contributed by atoms with Crippen molar-refractivity contribution in [2.75, 3.05) is 31.5 Å². The molecule has 0 aromatic heterocycles. The zero-order chi connectivity index (χ0) is 14.7. The Morgan fingerprint density at radius 1 is 1.40 bits per heavy atom. The molecule has 7 heteroatoms. The van der Waals surface area contributed by atoms with Crippen molar-refractivity contribution in [2.24, 2.45) is 0 Å². The number of halogens is 3. The molecule has 1 amide bonds. The number of carbonyl (C=O) groups is 1. The third kappa shape index (κ3) is 4.65. The molecule has 110 valence electrons. The highest BCUT2D eigenvalue weighted by atomic mass is 127. The summed E-state index contributed by atoms with van der Waals surface area (Å²) in [4.78, 5) is 14.5. The molecular weight excluding hydrogens is 595 g/mol. The number of amides is 1. The Labute approximate surface area is 160 Å². The largest absolute Gasteiger partial charge is 0.323 e. The lowest BCUT2D eigenvalue weighted by Crippen LogP contribution is -2.52. The molecule has 2 rings (SSSR count). The van der Waals surface area contributed by atoms with Gasteiger partial charge in [-0.25, -0.2) is 0 Å². The minimum absolute atomic E-state index is 0.0655. The van der Waals surface area contributed by atoms with Crippen LogP contribution in [0, 0.1) is 10.7 Å². The van der Waals surface area contributed by atoms with E-state index in [9.17, 15) is 4.79 Å². The van der Waals surface area contributed by atoms with Crippen molar-refractivity contribution in [3.05, 3.63) is 22.8 Å². The van der Waals surface area contributed by atoms with E-state index in [1.165, 1.54) is 3.57 Å². The molecule has 4 nitrogen and oxygen atoms in total. The van der Waals surface area contributed by atoms with Gasteiger partial charge in [0.2, 0.25) is 5.91 Å². The first-order chi connectivity index (χ1) is 9.47. The summed E-state index contributed by atoms with van der Waals surface area (Å²) in [5.41, 5.74) is 0.930. The fourth-order valence-electron chi connectivity index (χ4n) is 2.14. The number of carbonyl (C=O) groups excluding carboxylic acids is 1. The van der Waals surface area contributed by atoms with Crippen LogP contribution in [0.3, 0.4) is 0 Å². The average Bonchev–Trinajstić information content (AvgIpc) is 2.36. The van der Waals surface area contributed by atoms with Gasteiger partial charge in [0.05, 0.1) is 12.2 Å². The van der Waals surface area contributed by atoms with Crippen LogP contribution >= 0.6 is 67.8 Å². The molecule has 20 heavy (non-hydrogen) atoms. The summed E-state index contributed by atoms with van der Waals surface area (Å²) in [7, 11) is 0. The molecule has 0 aliphatic carbocycles. The second kappa shape index (κ2) is 7.88. The molecule has 2 N–H and O–H groups in total. The minimum Gasteiger partial charge on any atom is -0.323 e. The SMILES string of the molecule is C[C@H]1CNCCN1CC(=O)Nc1c(I)cc(I)cc1I. The molecule has 1 aromatic carbocycles. The molecule has 1 aliphatic rings. The van der Waals surface area contributed by atoms with Crippen molar-refractivity contribution in [1.82, 2.24) is 10.2 Å². The third-order valence-corrected chi connectivity index (χ3v) is 5.58. The van der Waals surface area contributed by atoms with Gasteiger partial charge in [-0.3, -0.25) is 9.69 Å². The Morgan fingerprint density at radius 2 is 2.05 bits per heavy atom. The van der Waals surface area contributed by atoms with Crippen LogP contribution in [0.15, 0.2) is 12.1 Å². The summed E-state index contributed by atoms with van der Waals surface area (Å²) in [5, 5.41) is 6.39. The van der Waals surface area contributed by atoms with Crippen LogP contribution in [0.1, 0.15) is 6.92 Å². The van der Waals surface area contributed by atoms with Crippen LogP contribution in [0.5, 0.6) is 0 Å². The van der Waals surface area contributed by atoms with Crippen molar-refractivity contribution >= 4 is 79.4 Å². The first kappa shape index (κ1) is 17.2. The smallest absolute Gasteiger partial charge is 0.238 e. The standard InChI is InChI=1S/C13H16I3N3O/c1-8-6-17-2-3-19(8)7-12(20)18-13-10(15)4-9(14)5-11(13)16/h4-5,8,17H,2-3,6-7H2,1H3,(H,18,20)/t8-/m0/s1. The van der Waals surface area contributed by atoms with Crippen molar-refractivity contribution in [1.29, 1.82) is 0 Å². The summed E-state index contributed by atoms with van der Waals surface area (Å²) in [5.74, 6) is 0.0655. The first-order valence-corrected chi connectivity index (χ1v) is 9.60. The van der Waals surface area contributed by atoms with Crippen LogP contribution in [0.25, 0.3) is 0 Å². The lowest BCUT2D eigenvalue weighted by atomic mass is 10.2. The van der Waals surface area contributed by atoms with Gasteiger partial charge in [-0.2, -0.15) is 0 Å². The van der Waals surface area contributed by atoms with Gasteiger partial charge in [0.15, 0.2) is 0 Å². The average molecular weight is 611 g/mol. The van der Waals surface area contributed by atoms with Crippen LogP contribution in [-0.4, -0.2) is 43.0 Å². The Balaban J connectivity index is 2.01. The lowest BCUT2D eigenvalue weighted by molar-refractivity contribution is -0.118. The Morgan fingerprint density at radius 3 is 2.65 bits per heavy atom. The van der Waals surface area contributed by atoms with Crippen LogP contribution in [0.2, 0.25) is 0 Å². The number of piperazine rings is 1. The Hall–Kier alpha value is 0.800. The molecule has 0 spiro atoms. The van der Waals surface area contributed by atoms with Crippen LogP contribution in [0.4, 0.5) is 5.69 Å². The molecule has 0 saturated carbocycles. The van der Waals surface area contributed by atoms with Crippen molar-refractivity contribution in [2.45, 2.75) is 13.0 Å². The quantitative estimate of drug-likeness (QED) is 0.518. The maximum absolute atomic E-state index is 12.2. The predicted molar refractivity (Wildman–Crippen MR) is 107 cm³/mol. The number of nitrogens with zero attached hydrogens (tertiary/aromatic N) is 1. The lowest BCUT2D eigenvalue weighted by Gasteiger charge is -2.33. The number of benzene rings is 1. The molecule has 1 heterocycles. The second-order valence-electron chi connectivity index (χ2n) is 4.82. The normalized spacial score (nSPS) is 19.9. The Bertz CT molecular complexity index is 487. The molecule has 1 saturated heterocycles. The zero-order valence-electron chi connectivity index (χ0n) is 11.0. The maximum Gasteiger partial charge on any atom is 0.238 e. The fraction of sp³-hybridized carbons (Fsp3) is 0.462. The van der Waals surface area contributed by atoms with Gasteiger partial charge in [-0.05, 0) is 86.8 Å². The number of hydrogen-bond acceptors (Lipinski definition) is 3. The van der Waals surface area contributed by atoms with E-state index >= 15 is 0 Å². The van der Waals surface area contributed by atoms with E-state index in [0.29, 0.717) is 12.6 Å². The molecule has 1 aromatic rings.